The number of nitrogens with zero attached hydrogens (tertiary/aromatic N) is 2. The number of hydrogen-bond donors (Lipinski definition) is 0. The lowest BCUT2D eigenvalue weighted by atomic mass is 9.42. The van der Waals surface area contributed by atoms with Crippen LogP contribution in [0.2, 0.25) is 0 Å². The van der Waals surface area contributed by atoms with Crippen molar-refractivity contribution >= 4 is 77.7 Å². The van der Waals surface area contributed by atoms with Crippen LogP contribution in [0.15, 0.2) is 84.9 Å². The molecule has 0 saturated heterocycles. The second-order valence-electron chi connectivity index (χ2n) is 31.8. The molecule has 0 radical (unpaired) electrons. The van der Waals surface area contributed by atoms with Crippen molar-refractivity contribution in [2.24, 2.45) is 5.92 Å². The maximum atomic E-state index is 2.89. The number of rotatable bonds is 5. The van der Waals surface area contributed by atoms with Gasteiger partial charge in [0.2, 0.25) is 0 Å². The van der Waals surface area contributed by atoms with Crippen LogP contribution in [0.5, 0.6) is 0 Å². The van der Waals surface area contributed by atoms with Crippen LogP contribution in [0.1, 0.15) is 244 Å². The van der Waals surface area contributed by atoms with E-state index in [0.29, 0.717) is 5.92 Å². The van der Waals surface area contributed by atoms with E-state index in [4.69, 9.17) is 0 Å². The first kappa shape index (κ1) is 51.4. The maximum Gasteiger partial charge on any atom is 0.333 e. The van der Waals surface area contributed by atoms with Crippen LogP contribution in [0, 0.1) is 5.92 Å². The average Bonchev–Trinajstić information content (AvgIpc) is 3.11. The summed E-state index contributed by atoms with van der Waals surface area (Å²) in [4.78, 5) is 5.71. The highest BCUT2D eigenvalue weighted by atomic mass is 32.1. The average molecular weight is 1050 g/mol. The van der Waals surface area contributed by atoms with E-state index in [2.05, 4.69) is 224 Å². The molecule has 1 aromatic heterocycles. The smallest absolute Gasteiger partial charge is 0.333 e. The Labute approximate surface area is 474 Å². The zero-order valence-corrected chi connectivity index (χ0v) is 51.7. The van der Waals surface area contributed by atoms with Gasteiger partial charge in [-0.05, 0) is 234 Å². The van der Waals surface area contributed by atoms with E-state index in [1.54, 1.807) is 22.3 Å². The van der Waals surface area contributed by atoms with Crippen LogP contribution in [0.25, 0.3) is 31.3 Å². The molecule has 6 aromatic carbocycles. The van der Waals surface area contributed by atoms with Gasteiger partial charge in [0.1, 0.15) is 0 Å². The topological polar surface area (TPSA) is 6.48 Å². The standard InChI is InChI=1S/C74H89BN2S/c1-18-19-43-34-48(43)44-35-50-64-60(25-22-47-49-39-55-58(42-63(49)78-66(47)64)74(16,17)33-30-71(55,10)11)77(46-21-24-52-54(38-46)70(8,9)29-27-68(52,4)5)75-59-40-56-57(73(14,15)32-31-72(56,12)13)41-61(59)76(62(36-44)65(50)75)45-20-23-51-53(37-45)69(6,7)28-26-67(51,2)3/h20-25,35-43,48H,18-19,26-34H2,1-17H3. The number of hydrogen-bond acceptors (Lipinski definition) is 3. The monoisotopic (exact) mass is 1050 g/mol. The van der Waals surface area contributed by atoms with Gasteiger partial charge in [0, 0.05) is 54.2 Å². The molecule has 4 heteroatoms. The number of benzene rings is 6. The van der Waals surface area contributed by atoms with Crippen molar-refractivity contribution in [1.82, 2.24) is 0 Å². The number of fused-ring (bicyclic) bond motifs is 12. The van der Waals surface area contributed by atoms with Crippen molar-refractivity contribution in [3.8, 4) is 11.1 Å². The first-order chi connectivity index (χ1) is 36.5. The third kappa shape index (κ3) is 7.30. The minimum absolute atomic E-state index is 0.0360. The van der Waals surface area contributed by atoms with Crippen molar-refractivity contribution in [2.75, 3.05) is 9.71 Å². The maximum absolute atomic E-state index is 2.89. The Hall–Kier alpha value is -4.80. The Kier molecular flexibility index (Phi) is 10.7. The highest BCUT2D eigenvalue weighted by molar-refractivity contribution is 7.26. The first-order valence-corrected chi connectivity index (χ1v) is 31.7. The fourth-order valence-corrected chi connectivity index (χ4v) is 18.3. The minimum Gasteiger partial charge on any atom is -0.376 e. The second kappa shape index (κ2) is 16.2. The number of thiophene rings is 1. The molecule has 404 valence electrons. The quantitative estimate of drug-likeness (QED) is 0.159. The van der Waals surface area contributed by atoms with Crippen molar-refractivity contribution in [3.63, 3.8) is 0 Å². The molecule has 1 fully saturated rings. The third-order valence-corrected chi connectivity index (χ3v) is 24.0. The SMILES string of the molecule is CCCC1CC1c1cc2c3c(c1)N(c1ccc4c(c1)C(C)(C)CCC4(C)C)c1cc4c(cc1B3N(c1ccc3c(c1)C(C)(C)CCC3(C)C)c1ccc3c(sc5cc6c(cc53)C(C)(C)CCC6(C)C)c1-2)C(C)(C)CCC4(C)C. The molecule has 2 aliphatic heterocycles. The summed E-state index contributed by atoms with van der Waals surface area (Å²) in [5.41, 5.74) is 27.2. The van der Waals surface area contributed by atoms with Gasteiger partial charge in [0.05, 0.1) is 0 Å². The van der Waals surface area contributed by atoms with Crippen LogP contribution in [-0.4, -0.2) is 6.85 Å². The lowest BCUT2D eigenvalue weighted by Gasteiger charge is -2.49. The molecule has 2 unspecified atom stereocenters. The van der Waals surface area contributed by atoms with Crippen molar-refractivity contribution in [3.05, 3.63) is 135 Å². The van der Waals surface area contributed by atoms with Gasteiger partial charge in [-0.1, -0.05) is 161 Å². The summed E-state index contributed by atoms with van der Waals surface area (Å²) in [6.45, 7) is 42.5. The van der Waals surface area contributed by atoms with Crippen LogP contribution in [-0.2, 0) is 43.3 Å². The molecular weight excluding hydrogens is 960 g/mol. The largest absolute Gasteiger partial charge is 0.376 e. The van der Waals surface area contributed by atoms with E-state index >= 15 is 0 Å². The van der Waals surface area contributed by atoms with E-state index in [1.807, 2.05) is 0 Å². The molecule has 1 saturated carbocycles. The minimum atomic E-state index is -0.0360. The Bertz CT molecular complexity index is 3740. The van der Waals surface area contributed by atoms with Gasteiger partial charge >= 0.3 is 6.85 Å². The summed E-state index contributed by atoms with van der Waals surface area (Å²) in [5, 5.41) is 2.86. The second-order valence-corrected chi connectivity index (χ2v) is 32.9. The molecule has 2 nitrogen and oxygen atoms in total. The highest BCUT2D eigenvalue weighted by Crippen LogP contribution is 2.59. The van der Waals surface area contributed by atoms with Crippen molar-refractivity contribution in [2.45, 2.75) is 238 Å². The molecule has 3 heterocycles. The molecule has 0 bridgehead atoms. The fourth-order valence-electron chi connectivity index (χ4n) is 17.0. The van der Waals surface area contributed by atoms with Gasteiger partial charge < -0.3 is 9.71 Å². The molecule has 0 amide bonds. The van der Waals surface area contributed by atoms with Gasteiger partial charge in [-0.3, -0.25) is 0 Å². The zero-order chi connectivity index (χ0) is 55.0. The van der Waals surface area contributed by atoms with Gasteiger partial charge in [0.15, 0.2) is 0 Å². The lowest BCUT2D eigenvalue weighted by molar-refractivity contribution is 0.332. The van der Waals surface area contributed by atoms with Crippen LogP contribution >= 0.6 is 11.3 Å². The van der Waals surface area contributed by atoms with E-state index in [-0.39, 0.29) is 50.2 Å². The van der Waals surface area contributed by atoms with E-state index in [9.17, 15) is 0 Å². The van der Waals surface area contributed by atoms with Crippen LogP contribution in [0.3, 0.4) is 0 Å². The molecule has 78 heavy (non-hydrogen) atoms. The molecule has 5 aliphatic carbocycles. The predicted octanol–water partition coefficient (Wildman–Crippen LogP) is 20.1. The first-order valence-electron chi connectivity index (χ1n) is 30.8. The highest BCUT2D eigenvalue weighted by Gasteiger charge is 2.51. The van der Waals surface area contributed by atoms with Crippen molar-refractivity contribution < 1.29 is 0 Å². The Morgan fingerprint density at radius 1 is 0.462 bits per heavy atom. The molecule has 0 spiro atoms. The van der Waals surface area contributed by atoms with E-state index in [1.165, 1.54) is 169 Å². The molecule has 14 rings (SSSR count). The van der Waals surface area contributed by atoms with Gasteiger partial charge in [0.25, 0.3) is 0 Å². The van der Waals surface area contributed by atoms with Crippen LogP contribution in [0.4, 0.5) is 28.4 Å². The summed E-state index contributed by atoms with van der Waals surface area (Å²) >= 11 is 2.08. The molecular formula is C74H89BN2S. The normalized spacial score (nSPS) is 24.3. The molecule has 7 aromatic rings. The molecule has 0 N–H and O–H groups in total. The summed E-state index contributed by atoms with van der Waals surface area (Å²) < 4.78 is 2.89. The van der Waals surface area contributed by atoms with Crippen molar-refractivity contribution in [1.29, 1.82) is 0 Å². The Morgan fingerprint density at radius 3 is 1.51 bits per heavy atom. The van der Waals surface area contributed by atoms with Crippen LogP contribution < -0.4 is 20.6 Å². The predicted molar refractivity (Wildman–Crippen MR) is 340 cm³/mol. The third-order valence-electron chi connectivity index (χ3n) is 22.8. The number of anilines is 5. The van der Waals surface area contributed by atoms with Gasteiger partial charge in [-0.2, -0.15) is 0 Å². The molecule has 7 aliphatic rings. The Balaban J connectivity index is 1.13. The van der Waals surface area contributed by atoms with E-state index < -0.39 is 0 Å². The van der Waals surface area contributed by atoms with Gasteiger partial charge in [-0.15, -0.1) is 11.3 Å². The summed E-state index contributed by atoms with van der Waals surface area (Å²) in [6.07, 6.45) is 13.4. The van der Waals surface area contributed by atoms with Gasteiger partial charge in [-0.25, -0.2) is 0 Å². The zero-order valence-electron chi connectivity index (χ0n) is 50.9. The summed E-state index contributed by atoms with van der Waals surface area (Å²) in [6, 6.07) is 37.0. The summed E-state index contributed by atoms with van der Waals surface area (Å²) in [5.74, 6) is 1.31. The molecule has 2 atom stereocenters. The summed E-state index contributed by atoms with van der Waals surface area (Å²) in [7, 11) is 0. The Morgan fingerprint density at radius 2 is 0.949 bits per heavy atom. The fraction of sp³-hybridized carbons (Fsp3) is 0.514. The lowest BCUT2D eigenvalue weighted by Crippen LogP contribution is -2.62. The van der Waals surface area contributed by atoms with E-state index in [0.717, 1.165) is 5.92 Å².